The van der Waals surface area contributed by atoms with Gasteiger partial charge in [-0.2, -0.15) is 8.78 Å². The zero-order valence-electron chi connectivity index (χ0n) is 17.6. The minimum Gasteiger partial charge on any atom is -0.369 e. The van der Waals surface area contributed by atoms with E-state index in [0.29, 0.717) is 6.42 Å². The van der Waals surface area contributed by atoms with E-state index >= 15 is 0 Å². The average molecular weight is 434 g/mol. The maximum Gasteiger partial charge on any atom is 0.345 e. The molecule has 0 aliphatic carbocycles. The van der Waals surface area contributed by atoms with E-state index in [-0.39, 0.29) is 24.7 Å². The Morgan fingerprint density at radius 2 is 1.77 bits per heavy atom. The van der Waals surface area contributed by atoms with Gasteiger partial charge in [0.2, 0.25) is 17.7 Å². The fourth-order valence-corrected chi connectivity index (χ4v) is 2.58. The molecule has 1 aliphatic rings. The molecule has 0 saturated carbocycles. The lowest BCUT2D eigenvalue weighted by atomic mass is 9.93. The number of alkyl halides is 2. The molecule has 1 saturated heterocycles. The van der Waals surface area contributed by atoms with Crippen LogP contribution in [-0.4, -0.2) is 61.0 Å². The van der Waals surface area contributed by atoms with E-state index in [1.807, 2.05) is 13.8 Å². The molecule has 1 heterocycles. The number of carbonyl (C=O) groups excluding carboxylic acids is 4. The number of ketones is 1. The first-order valence-corrected chi connectivity index (χ1v) is 9.67. The first-order chi connectivity index (χ1) is 13.9. The van der Waals surface area contributed by atoms with Crippen molar-refractivity contribution in [3.8, 4) is 0 Å². The number of carbonyl (C=O) groups is 4. The van der Waals surface area contributed by atoms with Crippen LogP contribution in [-0.2, 0) is 28.7 Å². The van der Waals surface area contributed by atoms with E-state index in [1.54, 1.807) is 6.92 Å². The van der Waals surface area contributed by atoms with Crippen molar-refractivity contribution >= 4 is 23.5 Å². The summed E-state index contributed by atoms with van der Waals surface area (Å²) in [7, 11) is 0. The molecule has 0 bridgehead atoms. The molecule has 0 spiro atoms. The van der Waals surface area contributed by atoms with Crippen LogP contribution < -0.4 is 16.4 Å². The Bertz CT molecular complexity index is 640. The number of nitrogens with two attached hydrogens (primary N) is 1. The molecular weight excluding hydrogens is 404 g/mol. The van der Waals surface area contributed by atoms with Gasteiger partial charge in [0.05, 0.1) is 25.7 Å². The summed E-state index contributed by atoms with van der Waals surface area (Å²) in [5, 5.41) is 4.77. The predicted molar refractivity (Wildman–Crippen MR) is 102 cm³/mol. The number of hydrogen-bond acceptors (Lipinski definition) is 6. The van der Waals surface area contributed by atoms with E-state index in [2.05, 4.69) is 15.4 Å². The first-order valence-electron chi connectivity index (χ1n) is 9.67. The second-order valence-corrected chi connectivity index (χ2v) is 7.97. The van der Waals surface area contributed by atoms with Gasteiger partial charge in [0.25, 0.3) is 0 Å². The molecule has 30 heavy (non-hydrogen) atoms. The van der Waals surface area contributed by atoms with E-state index in [4.69, 9.17) is 10.5 Å². The number of rotatable bonds is 14. The largest absolute Gasteiger partial charge is 0.369 e. The molecule has 1 fully saturated rings. The van der Waals surface area contributed by atoms with E-state index in [0.717, 1.165) is 6.42 Å². The molecule has 1 rings (SSSR count). The molecule has 0 aromatic heterocycles. The second-order valence-electron chi connectivity index (χ2n) is 7.97. The van der Waals surface area contributed by atoms with Crippen molar-refractivity contribution in [3.05, 3.63) is 6.42 Å². The number of nitrogens with one attached hydrogen (secondary N) is 2. The lowest BCUT2D eigenvalue weighted by molar-refractivity contribution is -0.148. The molecule has 0 aromatic rings. The van der Waals surface area contributed by atoms with E-state index in [9.17, 15) is 28.0 Å². The van der Waals surface area contributed by atoms with Crippen LogP contribution in [0.15, 0.2) is 0 Å². The number of ether oxygens (including phenoxy) is 2. The predicted octanol–water partition coefficient (Wildman–Crippen LogP) is 0.315. The number of hydrogen-bond donors (Lipinski definition) is 3. The fourth-order valence-electron chi connectivity index (χ4n) is 2.58. The van der Waals surface area contributed by atoms with Crippen molar-refractivity contribution in [1.82, 2.24) is 10.6 Å². The van der Waals surface area contributed by atoms with Crippen LogP contribution in [0.25, 0.3) is 0 Å². The molecule has 3 amide bonds. The number of epoxide rings is 1. The summed E-state index contributed by atoms with van der Waals surface area (Å²) >= 11 is 0. The third-order valence-electron chi connectivity index (χ3n) is 4.60. The van der Waals surface area contributed by atoms with Crippen LogP contribution in [0.1, 0.15) is 40.5 Å². The summed E-state index contributed by atoms with van der Waals surface area (Å²) in [5.41, 5.74) is 4.13. The molecule has 9 nitrogen and oxygen atoms in total. The van der Waals surface area contributed by atoms with Crippen LogP contribution in [0.3, 0.4) is 0 Å². The maximum atomic E-state index is 12.6. The van der Waals surface area contributed by atoms with Crippen LogP contribution in [0.4, 0.5) is 8.78 Å². The van der Waals surface area contributed by atoms with Crippen molar-refractivity contribution in [3.63, 3.8) is 0 Å². The number of Topliss-reactive ketones (excluding diaryl/α,β-unsaturated/α-hetero) is 1. The van der Waals surface area contributed by atoms with Crippen molar-refractivity contribution in [2.45, 2.75) is 64.8 Å². The summed E-state index contributed by atoms with van der Waals surface area (Å²) in [6.07, 6.45) is 1.41. The van der Waals surface area contributed by atoms with Gasteiger partial charge in [0.1, 0.15) is 11.6 Å². The first kappa shape index (κ1) is 25.9. The number of amides is 3. The lowest BCUT2D eigenvalue weighted by Gasteiger charge is -2.25. The highest BCUT2D eigenvalue weighted by Crippen LogP contribution is 2.29. The fraction of sp³-hybridized carbons (Fsp3) is 0.737. The zero-order valence-corrected chi connectivity index (χ0v) is 17.6. The second kappa shape index (κ2) is 11.3. The molecule has 1 aliphatic heterocycles. The molecule has 11 heteroatoms. The van der Waals surface area contributed by atoms with Gasteiger partial charge >= 0.3 is 6.61 Å². The quantitative estimate of drug-likeness (QED) is 0.336. The van der Waals surface area contributed by atoms with Crippen molar-refractivity contribution in [2.75, 3.05) is 13.2 Å². The van der Waals surface area contributed by atoms with Gasteiger partial charge in [-0.05, 0) is 25.7 Å². The van der Waals surface area contributed by atoms with Crippen molar-refractivity contribution in [2.24, 2.45) is 17.6 Å². The van der Waals surface area contributed by atoms with Gasteiger partial charge in [0.15, 0.2) is 5.78 Å². The minimum atomic E-state index is -3.15. The van der Waals surface area contributed by atoms with Crippen LogP contribution in [0.5, 0.6) is 0 Å². The smallest absolute Gasteiger partial charge is 0.345 e. The van der Waals surface area contributed by atoms with Crippen LogP contribution >= 0.6 is 0 Å². The molecule has 0 unspecified atom stereocenters. The highest BCUT2D eigenvalue weighted by atomic mass is 19.3. The summed E-state index contributed by atoms with van der Waals surface area (Å²) in [6.45, 7) is 3.11. The summed E-state index contributed by atoms with van der Waals surface area (Å²) in [4.78, 5) is 48.4. The molecule has 0 aromatic carbocycles. The Labute approximate surface area is 174 Å². The number of halogens is 2. The van der Waals surface area contributed by atoms with Gasteiger partial charge in [-0.15, -0.1) is 0 Å². The van der Waals surface area contributed by atoms with Gasteiger partial charge < -0.3 is 25.8 Å². The minimum absolute atomic E-state index is 0.00929. The third kappa shape index (κ3) is 8.70. The maximum absolute atomic E-state index is 12.6. The highest BCUT2D eigenvalue weighted by molar-refractivity contribution is 5.98. The monoisotopic (exact) mass is 434 g/mol. The molecule has 4 N–H and O–H groups in total. The van der Waals surface area contributed by atoms with Crippen LogP contribution in [0, 0.1) is 18.3 Å². The molecule has 1 radical (unpaired) electrons. The van der Waals surface area contributed by atoms with Gasteiger partial charge in [-0.3, -0.25) is 19.2 Å². The third-order valence-corrected chi connectivity index (χ3v) is 4.60. The van der Waals surface area contributed by atoms with Crippen molar-refractivity contribution < 1.29 is 37.4 Å². The topological polar surface area (TPSA) is 140 Å². The average Bonchev–Trinajstić information content (AvgIpc) is 3.39. The van der Waals surface area contributed by atoms with Gasteiger partial charge in [0, 0.05) is 5.92 Å². The SMILES string of the molecule is CC(C)C[C@H](NC(=O)[C@H](COC(F)F)NC(=O)[CH]C[C@H](C)C(N)=O)C(=O)[C@@]1(C)CO1. The number of primary amides is 1. The zero-order chi connectivity index (χ0) is 23.1. The van der Waals surface area contributed by atoms with Crippen LogP contribution in [0.2, 0.25) is 0 Å². The Kier molecular flexibility index (Phi) is 9.76. The molecule has 4 atom stereocenters. The van der Waals surface area contributed by atoms with E-state index in [1.165, 1.54) is 6.92 Å². The van der Waals surface area contributed by atoms with E-state index < -0.39 is 54.5 Å². The van der Waals surface area contributed by atoms with Crippen molar-refractivity contribution in [1.29, 1.82) is 0 Å². The standard InChI is InChI=1S/C19H30F2N3O6/c1-10(2)7-12(15(26)19(4)9-30-19)24-17(28)13(8-29-18(20)21)23-14(25)6-5-11(3)16(22)27/h6,10-13,18H,5,7-9H2,1-4H3,(H2,22,27)(H,23,25)(H,24,28)/t11-,12-,13-,19+/m0/s1. The summed E-state index contributed by atoms with van der Waals surface area (Å²) in [5.74, 6) is -3.11. The molecular formula is C19H30F2N3O6. The van der Waals surface area contributed by atoms with Gasteiger partial charge in [-0.25, -0.2) is 0 Å². The Morgan fingerprint density at radius 3 is 2.23 bits per heavy atom. The highest BCUT2D eigenvalue weighted by Gasteiger charge is 2.50. The Balaban J connectivity index is 2.80. The Hall–Kier alpha value is -2.14. The normalized spacial score (nSPS) is 21.1. The van der Waals surface area contributed by atoms with Gasteiger partial charge in [-0.1, -0.05) is 20.8 Å². The molecule has 171 valence electrons. The summed E-state index contributed by atoms with van der Waals surface area (Å²) < 4.78 is 34.3. The Morgan fingerprint density at radius 1 is 1.17 bits per heavy atom. The lowest BCUT2D eigenvalue weighted by Crippen LogP contribution is -2.55. The summed E-state index contributed by atoms with van der Waals surface area (Å²) in [6, 6.07) is -2.38.